The van der Waals surface area contributed by atoms with E-state index in [1.54, 1.807) is 13.2 Å². The molecule has 0 unspecified atom stereocenters. The maximum Gasteiger partial charge on any atom is 0.269 e. The topological polar surface area (TPSA) is 97.9 Å². The van der Waals surface area contributed by atoms with E-state index in [4.69, 9.17) is 0 Å². The number of rotatable bonds is 4. The Labute approximate surface area is 155 Å². The Kier molecular flexibility index (Phi) is 4.41. The first-order valence-electron chi connectivity index (χ1n) is 8.63. The van der Waals surface area contributed by atoms with Crippen molar-refractivity contribution in [1.82, 2.24) is 24.8 Å². The van der Waals surface area contributed by atoms with Crippen LogP contribution in [-0.4, -0.2) is 37.2 Å². The quantitative estimate of drug-likeness (QED) is 0.726. The largest absolute Gasteiger partial charge is 0.365 e. The zero-order chi connectivity index (χ0) is 18.8. The Morgan fingerprint density at radius 3 is 2.74 bits per heavy atom. The predicted octanol–water partition coefficient (Wildman–Crippen LogP) is 0.573. The van der Waals surface area contributed by atoms with Gasteiger partial charge in [0.25, 0.3) is 5.56 Å². The lowest BCUT2D eigenvalue weighted by atomic mass is 10.00. The smallest absolute Gasteiger partial charge is 0.269 e. The zero-order valence-corrected chi connectivity index (χ0v) is 14.9. The number of amides is 1. The van der Waals surface area contributed by atoms with E-state index >= 15 is 0 Å². The van der Waals surface area contributed by atoms with Crippen LogP contribution in [-0.2, 0) is 31.4 Å². The average Bonchev–Trinajstić information content (AvgIpc) is 3.07. The van der Waals surface area contributed by atoms with Crippen LogP contribution in [0.4, 0.5) is 11.5 Å². The van der Waals surface area contributed by atoms with Crippen molar-refractivity contribution in [1.29, 1.82) is 0 Å². The summed E-state index contributed by atoms with van der Waals surface area (Å²) in [7, 11) is 1.65. The Balaban J connectivity index is 1.45. The first-order chi connectivity index (χ1) is 13.1. The molecule has 0 atom stereocenters. The molecule has 1 aliphatic rings. The molecule has 0 radical (unpaired) electrons. The van der Waals surface area contributed by atoms with Gasteiger partial charge in [0.05, 0.1) is 18.1 Å². The number of aryl methyl sites for hydroxylation is 1. The number of benzene rings is 1. The van der Waals surface area contributed by atoms with Crippen LogP contribution >= 0.6 is 0 Å². The number of carbonyl (C=O) groups is 1. The summed E-state index contributed by atoms with van der Waals surface area (Å²) in [5.41, 5.74) is 3.05. The van der Waals surface area contributed by atoms with E-state index in [2.05, 4.69) is 37.6 Å². The highest BCUT2D eigenvalue weighted by Gasteiger charge is 2.17. The number of fused-ring (bicyclic) bond motifs is 1. The number of anilines is 2. The second-order valence-electron chi connectivity index (χ2n) is 6.42. The molecule has 1 aliphatic heterocycles. The molecule has 138 valence electrons. The number of hydrogen-bond donors (Lipinski definition) is 1. The van der Waals surface area contributed by atoms with E-state index in [9.17, 15) is 9.59 Å². The van der Waals surface area contributed by atoms with Crippen molar-refractivity contribution < 1.29 is 4.79 Å². The van der Waals surface area contributed by atoms with Crippen molar-refractivity contribution >= 4 is 17.4 Å². The molecule has 0 bridgehead atoms. The maximum absolute atomic E-state index is 12.4. The fourth-order valence-electron chi connectivity index (χ4n) is 3.15. The minimum atomic E-state index is -0.384. The zero-order valence-electron chi connectivity index (χ0n) is 14.9. The highest BCUT2D eigenvalue weighted by atomic mass is 16.2. The van der Waals surface area contributed by atoms with Crippen LogP contribution in [0.1, 0.15) is 11.1 Å². The first-order valence-corrected chi connectivity index (χ1v) is 8.63. The van der Waals surface area contributed by atoms with Crippen molar-refractivity contribution in [2.45, 2.75) is 19.5 Å². The summed E-state index contributed by atoms with van der Waals surface area (Å²) in [4.78, 5) is 27.9. The van der Waals surface area contributed by atoms with Gasteiger partial charge in [-0.2, -0.15) is 15.0 Å². The monoisotopic (exact) mass is 365 g/mol. The first kappa shape index (κ1) is 17.0. The summed E-state index contributed by atoms with van der Waals surface area (Å²) in [6.45, 7) is 1.39. The summed E-state index contributed by atoms with van der Waals surface area (Å²) < 4.78 is 1.13. The van der Waals surface area contributed by atoms with Crippen LogP contribution in [0.2, 0.25) is 0 Å². The lowest BCUT2D eigenvalue weighted by Gasteiger charge is -2.30. The molecule has 3 heterocycles. The van der Waals surface area contributed by atoms with Gasteiger partial charge in [-0.05, 0) is 17.5 Å². The Hall–Kier alpha value is -3.49. The molecule has 27 heavy (non-hydrogen) atoms. The molecule has 1 aromatic carbocycles. The number of hydrogen-bond acceptors (Lipinski definition) is 6. The van der Waals surface area contributed by atoms with Crippen LogP contribution in [0.25, 0.3) is 0 Å². The maximum atomic E-state index is 12.4. The number of aromatic nitrogens is 5. The molecule has 3 aromatic rings. The standard InChI is InChI=1S/C18H19N7O2/c1-23-19-10-16(22-23)21-17(26)12-25-18(27)8-15(9-20-25)24-7-6-13-4-2-3-5-14(13)11-24/h2-5,8-10H,6-7,11-12H2,1H3,(H,21,22,26). The second-order valence-corrected chi connectivity index (χ2v) is 6.42. The average molecular weight is 365 g/mol. The minimum Gasteiger partial charge on any atom is -0.365 e. The second kappa shape index (κ2) is 7.02. The molecule has 0 saturated carbocycles. The molecule has 2 aromatic heterocycles. The lowest BCUT2D eigenvalue weighted by molar-refractivity contribution is -0.117. The van der Waals surface area contributed by atoms with Crippen molar-refractivity contribution in [2.75, 3.05) is 16.8 Å². The lowest BCUT2D eigenvalue weighted by Crippen LogP contribution is -2.34. The summed E-state index contributed by atoms with van der Waals surface area (Å²) in [5.74, 6) is -0.0519. The molecule has 9 nitrogen and oxygen atoms in total. The van der Waals surface area contributed by atoms with Gasteiger partial charge >= 0.3 is 0 Å². The molecule has 9 heteroatoms. The Morgan fingerprint density at radius 2 is 2.00 bits per heavy atom. The molecule has 0 saturated heterocycles. The number of nitrogens with zero attached hydrogens (tertiary/aromatic N) is 6. The molecule has 0 fully saturated rings. The summed E-state index contributed by atoms with van der Waals surface area (Å²) >= 11 is 0. The fraction of sp³-hybridized carbons (Fsp3) is 0.278. The third-order valence-corrected chi connectivity index (χ3v) is 4.51. The van der Waals surface area contributed by atoms with E-state index in [1.165, 1.54) is 28.2 Å². The highest BCUT2D eigenvalue weighted by Crippen LogP contribution is 2.22. The van der Waals surface area contributed by atoms with E-state index < -0.39 is 0 Å². The fourth-order valence-corrected chi connectivity index (χ4v) is 3.15. The van der Waals surface area contributed by atoms with Crippen molar-refractivity contribution in [3.05, 3.63) is 64.2 Å². The third-order valence-electron chi connectivity index (χ3n) is 4.51. The molecule has 0 spiro atoms. The van der Waals surface area contributed by atoms with Crippen LogP contribution in [0.5, 0.6) is 0 Å². The number of nitrogens with one attached hydrogen (secondary N) is 1. The predicted molar refractivity (Wildman–Crippen MR) is 99.3 cm³/mol. The van der Waals surface area contributed by atoms with Crippen LogP contribution < -0.4 is 15.8 Å². The van der Waals surface area contributed by atoms with Gasteiger partial charge in [0, 0.05) is 26.2 Å². The Bertz CT molecular complexity index is 1040. The third kappa shape index (κ3) is 3.71. The van der Waals surface area contributed by atoms with Crippen LogP contribution in [0.3, 0.4) is 0 Å². The van der Waals surface area contributed by atoms with Gasteiger partial charge in [0.1, 0.15) is 6.54 Å². The van der Waals surface area contributed by atoms with E-state index in [0.29, 0.717) is 5.82 Å². The summed E-state index contributed by atoms with van der Waals surface area (Å²) in [6.07, 6.45) is 4.00. The van der Waals surface area contributed by atoms with Crippen LogP contribution in [0.15, 0.2) is 47.5 Å². The van der Waals surface area contributed by atoms with Gasteiger partial charge in [-0.25, -0.2) is 4.68 Å². The normalized spacial score (nSPS) is 13.3. The molecular formula is C18H19N7O2. The molecule has 4 rings (SSSR count). The van der Waals surface area contributed by atoms with Gasteiger partial charge in [-0.15, -0.1) is 5.10 Å². The molecule has 1 N–H and O–H groups in total. The summed E-state index contributed by atoms with van der Waals surface area (Å²) in [6, 6.07) is 9.83. The Morgan fingerprint density at radius 1 is 1.19 bits per heavy atom. The SMILES string of the molecule is Cn1ncc(NC(=O)Cn2ncc(N3CCc4ccccc4C3)cc2=O)n1. The molecule has 1 amide bonds. The number of carbonyl (C=O) groups excluding carboxylic acids is 1. The van der Waals surface area contributed by atoms with E-state index in [-0.39, 0.29) is 18.0 Å². The summed E-state index contributed by atoms with van der Waals surface area (Å²) in [5, 5.41) is 14.6. The van der Waals surface area contributed by atoms with Crippen molar-refractivity contribution in [2.24, 2.45) is 7.05 Å². The van der Waals surface area contributed by atoms with Crippen molar-refractivity contribution in [3.63, 3.8) is 0 Å². The van der Waals surface area contributed by atoms with Gasteiger partial charge in [0.2, 0.25) is 5.91 Å². The van der Waals surface area contributed by atoms with Gasteiger partial charge in [-0.1, -0.05) is 24.3 Å². The van der Waals surface area contributed by atoms with E-state index in [1.807, 2.05) is 12.1 Å². The van der Waals surface area contributed by atoms with Gasteiger partial charge < -0.3 is 10.2 Å². The van der Waals surface area contributed by atoms with E-state index in [0.717, 1.165) is 29.9 Å². The molecular weight excluding hydrogens is 346 g/mol. The van der Waals surface area contributed by atoms with Crippen LogP contribution in [0, 0.1) is 0 Å². The van der Waals surface area contributed by atoms with Gasteiger partial charge in [0.15, 0.2) is 5.82 Å². The van der Waals surface area contributed by atoms with Gasteiger partial charge in [-0.3, -0.25) is 9.59 Å². The minimum absolute atomic E-state index is 0.182. The highest BCUT2D eigenvalue weighted by molar-refractivity contribution is 5.89. The van der Waals surface area contributed by atoms with Crippen molar-refractivity contribution in [3.8, 4) is 0 Å². The molecule has 0 aliphatic carbocycles.